The molecule has 30 heavy (non-hydrogen) atoms. The number of sulfonamides is 1. The highest BCUT2D eigenvalue weighted by atomic mass is 35.5. The van der Waals surface area contributed by atoms with Crippen molar-refractivity contribution in [1.82, 2.24) is 15.2 Å². The molecule has 0 saturated carbocycles. The van der Waals surface area contributed by atoms with Gasteiger partial charge in [0.2, 0.25) is 0 Å². The molecule has 0 radical (unpaired) electrons. The lowest BCUT2D eigenvalue weighted by Gasteiger charge is -2.30. The molecule has 11 heteroatoms. The standard InChI is InChI=1S/C19H24ClN5O4S/c1-4-22-18(26)30(28,29)23-16-13-21-11-10-17(16)25(19(27)24(5-2)6-3)15-9-7-8-14(20)12-15/h7-13,23H,4-6H2,1-3H3,(H,22,26). The minimum Gasteiger partial charge on any atom is -0.341 e. The van der Waals surface area contributed by atoms with Crippen molar-refractivity contribution in [3.05, 3.63) is 47.7 Å². The molecular formula is C19H24ClN5O4S. The van der Waals surface area contributed by atoms with Crippen LogP contribution in [0.3, 0.4) is 0 Å². The van der Waals surface area contributed by atoms with E-state index in [0.717, 1.165) is 0 Å². The molecular weight excluding hydrogens is 430 g/mol. The van der Waals surface area contributed by atoms with E-state index in [2.05, 4.69) is 15.0 Å². The zero-order valence-electron chi connectivity index (χ0n) is 16.9. The molecule has 1 aromatic carbocycles. The van der Waals surface area contributed by atoms with Gasteiger partial charge in [0.15, 0.2) is 0 Å². The van der Waals surface area contributed by atoms with Crippen molar-refractivity contribution >= 4 is 50.0 Å². The molecule has 0 spiro atoms. The Balaban J connectivity index is 2.60. The van der Waals surface area contributed by atoms with Gasteiger partial charge in [-0.1, -0.05) is 17.7 Å². The Labute approximate surface area is 181 Å². The highest BCUT2D eigenvalue weighted by Gasteiger charge is 2.28. The summed E-state index contributed by atoms with van der Waals surface area (Å²) in [7, 11) is -4.40. The topological polar surface area (TPSA) is 112 Å². The van der Waals surface area contributed by atoms with Crippen LogP contribution in [0.25, 0.3) is 0 Å². The first-order valence-electron chi connectivity index (χ1n) is 9.34. The van der Waals surface area contributed by atoms with Gasteiger partial charge in [-0.15, -0.1) is 0 Å². The van der Waals surface area contributed by atoms with Crippen molar-refractivity contribution in [2.24, 2.45) is 0 Å². The number of halogens is 1. The molecule has 2 aromatic rings. The molecule has 0 aliphatic carbocycles. The van der Waals surface area contributed by atoms with Crippen molar-refractivity contribution in [3.8, 4) is 0 Å². The fourth-order valence-electron chi connectivity index (χ4n) is 2.69. The number of benzene rings is 1. The highest BCUT2D eigenvalue weighted by molar-refractivity contribution is 8.07. The molecule has 2 rings (SSSR count). The quantitative estimate of drug-likeness (QED) is 0.662. The number of aromatic nitrogens is 1. The molecule has 162 valence electrons. The van der Waals surface area contributed by atoms with Crippen LogP contribution >= 0.6 is 11.6 Å². The van der Waals surface area contributed by atoms with E-state index in [1.54, 1.807) is 36.1 Å². The van der Waals surface area contributed by atoms with Gasteiger partial charge in [0.05, 0.1) is 23.3 Å². The van der Waals surface area contributed by atoms with Gasteiger partial charge in [-0.25, -0.2) is 4.79 Å². The highest BCUT2D eigenvalue weighted by Crippen LogP contribution is 2.34. The third-order valence-electron chi connectivity index (χ3n) is 4.14. The summed E-state index contributed by atoms with van der Waals surface area (Å²) in [4.78, 5) is 32.1. The van der Waals surface area contributed by atoms with E-state index in [0.29, 0.717) is 23.8 Å². The van der Waals surface area contributed by atoms with Crippen LogP contribution in [-0.4, -0.2) is 49.2 Å². The van der Waals surface area contributed by atoms with Gasteiger partial charge >= 0.3 is 21.3 Å². The third-order valence-corrected chi connectivity index (χ3v) is 5.50. The molecule has 9 nitrogen and oxygen atoms in total. The number of carbonyl (C=O) groups is 2. The third kappa shape index (κ3) is 5.39. The van der Waals surface area contributed by atoms with Crippen LogP contribution in [0.4, 0.5) is 26.7 Å². The molecule has 0 saturated heterocycles. The fraction of sp³-hybridized carbons (Fsp3) is 0.316. The Hall–Kier alpha value is -2.85. The van der Waals surface area contributed by atoms with Crippen LogP contribution in [0, 0.1) is 0 Å². The summed E-state index contributed by atoms with van der Waals surface area (Å²) in [6.45, 7) is 6.31. The Bertz CT molecular complexity index is 1010. The van der Waals surface area contributed by atoms with Crippen LogP contribution in [0.5, 0.6) is 0 Å². The first-order chi connectivity index (χ1) is 14.2. The molecule has 2 N–H and O–H groups in total. The van der Waals surface area contributed by atoms with Crippen molar-refractivity contribution in [3.63, 3.8) is 0 Å². The van der Waals surface area contributed by atoms with Gasteiger partial charge in [0, 0.05) is 30.9 Å². The van der Waals surface area contributed by atoms with Crippen molar-refractivity contribution in [2.75, 3.05) is 29.3 Å². The average Bonchev–Trinajstić information content (AvgIpc) is 2.70. The van der Waals surface area contributed by atoms with Crippen LogP contribution in [-0.2, 0) is 10.0 Å². The number of hydrogen-bond acceptors (Lipinski definition) is 5. The number of carbonyl (C=O) groups excluding carboxylic acids is 2. The number of urea groups is 1. The molecule has 1 heterocycles. The molecule has 0 aliphatic heterocycles. The van der Waals surface area contributed by atoms with Gasteiger partial charge in [-0.05, 0) is 45.0 Å². The smallest absolute Gasteiger partial charge is 0.341 e. The molecule has 0 bridgehead atoms. The monoisotopic (exact) mass is 453 g/mol. The Morgan fingerprint density at radius 3 is 2.43 bits per heavy atom. The molecule has 1 aromatic heterocycles. The Morgan fingerprint density at radius 2 is 1.83 bits per heavy atom. The lowest BCUT2D eigenvalue weighted by atomic mass is 10.2. The van der Waals surface area contributed by atoms with E-state index in [4.69, 9.17) is 11.6 Å². The zero-order chi connectivity index (χ0) is 22.3. The van der Waals surface area contributed by atoms with Gasteiger partial charge < -0.3 is 10.2 Å². The van der Waals surface area contributed by atoms with E-state index in [1.807, 2.05) is 13.8 Å². The number of rotatable bonds is 7. The molecule has 0 unspecified atom stereocenters. The summed E-state index contributed by atoms with van der Waals surface area (Å²) >= 11 is 6.12. The van der Waals surface area contributed by atoms with E-state index in [1.165, 1.54) is 23.4 Å². The fourth-order valence-corrected chi connectivity index (χ4v) is 3.75. The SMILES string of the molecule is CCNC(=O)S(=O)(=O)Nc1cnccc1N(C(=O)N(CC)CC)c1cccc(Cl)c1. The average molecular weight is 454 g/mol. The number of hydrogen-bond donors (Lipinski definition) is 2. The summed E-state index contributed by atoms with van der Waals surface area (Å²) in [5.74, 6) is 0. The first-order valence-corrected chi connectivity index (χ1v) is 11.2. The van der Waals surface area contributed by atoms with E-state index in [-0.39, 0.29) is 24.0 Å². The van der Waals surface area contributed by atoms with Crippen LogP contribution in [0.15, 0.2) is 42.7 Å². The molecule has 0 aliphatic rings. The second-order valence-electron chi connectivity index (χ2n) is 6.09. The summed E-state index contributed by atoms with van der Waals surface area (Å²) in [5.41, 5.74) is 0.616. The predicted molar refractivity (Wildman–Crippen MR) is 118 cm³/mol. The number of anilines is 3. The minimum absolute atomic E-state index is 0.0239. The summed E-state index contributed by atoms with van der Waals surface area (Å²) < 4.78 is 27.0. The largest absolute Gasteiger partial charge is 0.356 e. The van der Waals surface area contributed by atoms with Crippen molar-refractivity contribution < 1.29 is 18.0 Å². The second-order valence-corrected chi connectivity index (χ2v) is 8.10. The van der Waals surface area contributed by atoms with Gasteiger partial charge in [0.1, 0.15) is 0 Å². The number of nitrogens with one attached hydrogen (secondary N) is 2. The van der Waals surface area contributed by atoms with Gasteiger partial charge in [-0.2, -0.15) is 8.42 Å². The Kier molecular flexibility index (Phi) is 8.01. The maximum atomic E-state index is 13.3. The number of nitrogens with zero attached hydrogens (tertiary/aromatic N) is 3. The normalized spacial score (nSPS) is 10.9. The summed E-state index contributed by atoms with van der Waals surface area (Å²) in [6, 6.07) is 7.71. The lowest BCUT2D eigenvalue weighted by Crippen LogP contribution is -2.41. The first kappa shape index (κ1) is 23.4. The van der Waals surface area contributed by atoms with Crippen molar-refractivity contribution in [2.45, 2.75) is 20.8 Å². The van der Waals surface area contributed by atoms with Gasteiger partial charge in [0.25, 0.3) is 0 Å². The van der Waals surface area contributed by atoms with Crippen LogP contribution in [0.1, 0.15) is 20.8 Å². The van der Waals surface area contributed by atoms with E-state index < -0.39 is 15.3 Å². The minimum atomic E-state index is -4.40. The van der Waals surface area contributed by atoms with Crippen molar-refractivity contribution in [1.29, 1.82) is 0 Å². The van der Waals surface area contributed by atoms with E-state index in [9.17, 15) is 18.0 Å². The molecule has 3 amide bonds. The maximum absolute atomic E-state index is 13.3. The summed E-state index contributed by atoms with van der Waals surface area (Å²) in [6.07, 6.45) is 2.66. The lowest BCUT2D eigenvalue weighted by molar-refractivity contribution is 0.212. The maximum Gasteiger partial charge on any atom is 0.356 e. The molecule has 0 atom stereocenters. The second kappa shape index (κ2) is 10.3. The van der Waals surface area contributed by atoms with E-state index >= 15 is 0 Å². The molecule has 0 fully saturated rings. The summed E-state index contributed by atoms with van der Waals surface area (Å²) in [5, 5.41) is 1.47. The van der Waals surface area contributed by atoms with Gasteiger partial charge in [-0.3, -0.25) is 19.4 Å². The zero-order valence-corrected chi connectivity index (χ0v) is 18.5. The van der Waals surface area contributed by atoms with Crippen LogP contribution < -0.4 is 14.9 Å². The number of pyridine rings is 1. The van der Waals surface area contributed by atoms with Crippen LogP contribution in [0.2, 0.25) is 5.02 Å². The predicted octanol–water partition coefficient (Wildman–Crippen LogP) is 3.81. The Morgan fingerprint density at radius 1 is 1.13 bits per heavy atom. The number of amides is 3.